The average Bonchev–Trinajstić information content (AvgIpc) is 2.96. The van der Waals surface area contributed by atoms with Crippen molar-refractivity contribution in [1.82, 2.24) is 20.4 Å². The lowest BCUT2D eigenvalue weighted by Crippen LogP contribution is -2.06. The van der Waals surface area contributed by atoms with E-state index in [-0.39, 0.29) is 12.3 Å². The van der Waals surface area contributed by atoms with E-state index in [1.54, 1.807) is 13.0 Å². The summed E-state index contributed by atoms with van der Waals surface area (Å²) in [6, 6.07) is 9.08. The van der Waals surface area contributed by atoms with Crippen molar-refractivity contribution in [2.45, 2.75) is 6.92 Å². The van der Waals surface area contributed by atoms with Crippen LogP contribution in [0, 0.1) is 0 Å². The Bertz CT molecular complexity index is 816. The monoisotopic (exact) mass is 302 g/mol. The zero-order chi connectivity index (χ0) is 14.8. The van der Waals surface area contributed by atoms with Gasteiger partial charge in [-0.15, -0.1) is 5.10 Å². The highest BCUT2D eigenvalue weighted by Crippen LogP contribution is 2.25. The lowest BCUT2D eigenvalue weighted by Gasteiger charge is -2.03. The molecule has 0 saturated heterocycles. The molecule has 0 aliphatic carbocycles. The van der Waals surface area contributed by atoms with Crippen LogP contribution in [0.2, 0.25) is 5.15 Å². The first kappa shape index (κ1) is 13.5. The van der Waals surface area contributed by atoms with Crippen molar-refractivity contribution in [1.29, 1.82) is 0 Å². The average molecular weight is 303 g/mol. The fourth-order valence-corrected chi connectivity index (χ4v) is 2.18. The number of carbonyl (C=O) groups excluding carboxylic acids is 1. The smallest absolute Gasteiger partial charge is 0.361 e. The van der Waals surface area contributed by atoms with Gasteiger partial charge in [0.2, 0.25) is 0 Å². The molecule has 0 unspecified atom stereocenters. The van der Waals surface area contributed by atoms with Gasteiger partial charge in [-0.1, -0.05) is 17.7 Å². The van der Waals surface area contributed by atoms with Crippen LogP contribution >= 0.6 is 11.6 Å². The highest BCUT2D eigenvalue weighted by Gasteiger charge is 2.19. The lowest BCUT2D eigenvalue weighted by atomic mass is 10.1. The van der Waals surface area contributed by atoms with Gasteiger partial charge in [-0.05, 0) is 31.2 Å². The molecule has 6 nitrogen and oxygen atoms in total. The number of fused-ring (bicyclic) bond motifs is 1. The van der Waals surface area contributed by atoms with Crippen LogP contribution in [0.15, 0.2) is 30.3 Å². The fraction of sp³-hybridized carbons (Fsp3) is 0.143. The maximum Gasteiger partial charge on any atom is 0.361 e. The Hall–Kier alpha value is -2.47. The topological polar surface area (TPSA) is 80.8 Å². The Morgan fingerprint density at radius 2 is 2.14 bits per heavy atom. The molecular weight excluding hydrogens is 292 g/mol. The van der Waals surface area contributed by atoms with E-state index < -0.39 is 5.97 Å². The van der Waals surface area contributed by atoms with E-state index in [1.165, 1.54) is 0 Å². The van der Waals surface area contributed by atoms with Gasteiger partial charge in [0.05, 0.1) is 12.1 Å². The Labute approximate surface area is 125 Å². The molecule has 1 aromatic carbocycles. The SMILES string of the molecule is CCOC(=O)c1n[nH]nc1-c1ccc2nc(Cl)ccc2c1. The summed E-state index contributed by atoms with van der Waals surface area (Å²) in [5.41, 5.74) is 2.14. The van der Waals surface area contributed by atoms with Gasteiger partial charge < -0.3 is 4.74 Å². The van der Waals surface area contributed by atoms with Crippen LogP contribution in [0.25, 0.3) is 22.2 Å². The third-order valence-corrected chi connectivity index (χ3v) is 3.16. The number of benzene rings is 1. The van der Waals surface area contributed by atoms with Crippen LogP contribution in [0.1, 0.15) is 17.4 Å². The van der Waals surface area contributed by atoms with Crippen molar-refractivity contribution in [2.75, 3.05) is 6.61 Å². The summed E-state index contributed by atoms with van der Waals surface area (Å²) in [6.45, 7) is 2.02. The number of nitrogens with zero attached hydrogens (tertiary/aromatic N) is 3. The number of aromatic amines is 1. The summed E-state index contributed by atoms with van der Waals surface area (Å²) in [5, 5.41) is 11.7. The third-order valence-electron chi connectivity index (χ3n) is 2.95. The summed E-state index contributed by atoms with van der Waals surface area (Å²) in [7, 11) is 0. The molecule has 0 spiro atoms. The molecule has 1 N–H and O–H groups in total. The van der Waals surface area contributed by atoms with Crippen molar-refractivity contribution in [2.24, 2.45) is 0 Å². The third kappa shape index (κ3) is 2.57. The van der Waals surface area contributed by atoms with Crippen molar-refractivity contribution >= 4 is 28.5 Å². The molecule has 0 fully saturated rings. The number of esters is 1. The van der Waals surface area contributed by atoms with E-state index in [9.17, 15) is 4.79 Å². The van der Waals surface area contributed by atoms with Gasteiger partial charge in [-0.25, -0.2) is 9.78 Å². The van der Waals surface area contributed by atoms with Crippen LogP contribution in [-0.2, 0) is 4.74 Å². The number of nitrogens with one attached hydrogen (secondary N) is 1. The van der Waals surface area contributed by atoms with E-state index in [1.807, 2.05) is 24.3 Å². The van der Waals surface area contributed by atoms with E-state index in [0.717, 1.165) is 16.5 Å². The molecule has 3 aromatic rings. The minimum atomic E-state index is -0.504. The first-order valence-electron chi connectivity index (χ1n) is 6.33. The molecule has 2 heterocycles. The Morgan fingerprint density at radius 3 is 2.95 bits per heavy atom. The van der Waals surface area contributed by atoms with Crippen LogP contribution in [0.3, 0.4) is 0 Å². The van der Waals surface area contributed by atoms with Gasteiger partial charge in [0, 0.05) is 10.9 Å². The second-order valence-electron chi connectivity index (χ2n) is 4.28. The number of pyridine rings is 1. The van der Waals surface area contributed by atoms with Crippen molar-refractivity contribution < 1.29 is 9.53 Å². The summed E-state index contributed by atoms with van der Waals surface area (Å²) >= 11 is 5.86. The summed E-state index contributed by atoms with van der Waals surface area (Å²) in [6.07, 6.45) is 0. The van der Waals surface area contributed by atoms with Gasteiger partial charge in [0.15, 0.2) is 5.69 Å². The van der Waals surface area contributed by atoms with E-state index in [2.05, 4.69) is 20.4 Å². The van der Waals surface area contributed by atoms with E-state index in [0.29, 0.717) is 10.8 Å². The maximum atomic E-state index is 11.8. The number of ether oxygens (including phenoxy) is 1. The molecule has 21 heavy (non-hydrogen) atoms. The number of carbonyl (C=O) groups is 1. The molecular formula is C14H11ClN4O2. The Kier molecular flexibility index (Phi) is 3.53. The predicted octanol–water partition coefficient (Wildman–Crippen LogP) is 2.85. The van der Waals surface area contributed by atoms with Crippen LogP contribution in [0.4, 0.5) is 0 Å². The minimum absolute atomic E-state index is 0.165. The van der Waals surface area contributed by atoms with Crippen LogP contribution in [0.5, 0.6) is 0 Å². The molecule has 106 valence electrons. The molecule has 3 rings (SSSR count). The lowest BCUT2D eigenvalue weighted by molar-refractivity contribution is 0.0520. The van der Waals surface area contributed by atoms with Gasteiger partial charge in [0.25, 0.3) is 0 Å². The molecule has 0 saturated carbocycles. The van der Waals surface area contributed by atoms with Crippen LogP contribution < -0.4 is 0 Å². The Balaban J connectivity index is 2.07. The molecule has 2 aromatic heterocycles. The molecule has 0 radical (unpaired) electrons. The molecule has 0 aliphatic heterocycles. The Morgan fingerprint density at radius 1 is 1.29 bits per heavy atom. The second-order valence-corrected chi connectivity index (χ2v) is 4.67. The van der Waals surface area contributed by atoms with Gasteiger partial charge >= 0.3 is 5.97 Å². The van der Waals surface area contributed by atoms with E-state index >= 15 is 0 Å². The predicted molar refractivity (Wildman–Crippen MR) is 78.1 cm³/mol. The first-order chi connectivity index (χ1) is 10.2. The number of rotatable bonds is 3. The van der Waals surface area contributed by atoms with Crippen molar-refractivity contribution in [3.8, 4) is 11.3 Å². The van der Waals surface area contributed by atoms with Crippen molar-refractivity contribution in [3.05, 3.63) is 41.2 Å². The number of aromatic nitrogens is 4. The van der Waals surface area contributed by atoms with E-state index in [4.69, 9.17) is 16.3 Å². The molecule has 0 bridgehead atoms. The standard InChI is InChI=1S/C14H11ClN4O2/c1-2-21-14(20)13-12(17-19-18-13)9-3-5-10-8(7-9)4-6-11(15)16-10/h3-7H,2H2,1H3,(H,17,18,19). The zero-order valence-electron chi connectivity index (χ0n) is 11.1. The molecule has 0 aliphatic rings. The number of H-pyrrole nitrogens is 1. The fourth-order valence-electron chi connectivity index (χ4n) is 2.02. The minimum Gasteiger partial charge on any atom is -0.461 e. The summed E-state index contributed by atoms with van der Waals surface area (Å²) in [4.78, 5) is 16.0. The van der Waals surface area contributed by atoms with Crippen molar-refractivity contribution in [3.63, 3.8) is 0 Å². The van der Waals surface area contributed by atoms with Gasteiger partial charge in [-0.2, -0.15) is 10.3 Å². The number of halogens is 1. The largest absolute Gasteiger partial charge is 0.461 e. The second kappa shape index (κ2) is 5.49. The summed E-state index contributed by atoms with van der Waals surface area (Å²) in [5.74, 6) is -0.504. The normalized spacial score (nSPS) is 10.8. The number of hydrogen-bond donors (Lipinski definition) is 1. The highest BCUT2D eigenvalue weighted by molar-refractivity contribution is 6.29. The quantitative estimate of drug-likeness (QED) is 0.594. The van der Waals surface area contributed by atoms with Crippen LogP contribution in [-0.4, -0.2) is 33.0 Å². The molecule has 7 heteroatoms. The first-order valence-corrected chi connectivity index (χ1v) is 6.71. The molecule has 0 atom stereocenters. The highest BCUT2D eigenvalue weighted by atomic mass is 35.5. The van der Waals surface area contributed by atoms with Gasteiger partial charge in [0.1, 0.15) is 10.8 Å². The zero-order valence-corrected chi connectivity index (χ0v) is 11.9. The number of hydrogen-bond acceptors (Lipinski definition) is 5. The maximum absolute atomic E-state index is 11.8. The van der Waals surface area contributed by atoms with Gasteiger partial charge in [-0.3, -0.25) is 0 Å². The molecule has 0 amide bonds. The summed E-state index contributed by atoms with van der Waals surface area (Å²) < 4.78 is 4.96.